The van der Waals surface area contributed by atoms with Crippen LogP contribution in [0.15, 0.2) is 41.8 Å². The van der Waals surface area contributed by atoms with Crippen LogP contribution in [-0.4, -0.2) is 43.0 Å². The average Bonchev–Trinajstić information content (AvgIpc) is 3.20. The summed E-state index contributed by atoms with van der Waals surface area (Å²) in [7, 11) is 1.31. The summed E-state index contributed by atoms with van der Waals surface area (Å²) in [5.41, 5.74) is 1.32. The monoisotopic (exact) mass is 415 g/mol. The molecule has 1 saturated heterocycles. The largest absolute Gasteiger partial charge is 0.465 e. The number of hydrogen-bond acceptors (Lipinski definition) is 5. The van der Waals surface area contributed by atoms with E-state index in [2.05, 4.69) is 10.6 Å². The number of nitrogens with zero attached hydrogens (tertiary/aromatic N) is 1. The molecule has 8 heteroatoms. The molecule has 0 radical (unpaired) electrons. The van der Waals surface area contributed by atoms with Gasteiger partial charge < -0.3 is 20.3 Å². The molecule has 1 fully saturated rings. The Morgan fingerprint density at radius 1 is 1.17 bits per heavy atom. The smallest absolute Gasteiger partial charge is 0.350 e. The van der Waals surface area contributed by atoms with Crippen molar-refractivity contribution in [1.29, 1.82) is 0 Å². The third-order valence-electron chi connectivity index (χ3n) is 4.88. The summed E-state index contributed by atoms with van der Waals surface area (Å²) in [6, 6.07) is 10.5. The van der Waals surface area contributed by atoms with Crippen LogP contribution in [0.5, 0.6) is 0 Å². The molecular formula is C21H25N3O4S. The van der Waals surface area contributed by atoms with Crippen molar-refractivity contribution in [1.82, 2.24) is 10.2 Å². The maximum absolute atomic E-state index is 13.2. The van der Waals surface area contributed by atoms with Gasteiger partial charge in [0.1, 0.15) is 4.88 Å². The Kier molecular flexibility index (Phi) is 7.24. The highest BCUT2D eigenvalue weighted by Gasteiger charge is 2.29. The zero-order chi connectivity index (χ0) is 20.6. The topological polar surface area (TPSA) is 87.7 Å². The summed E-state index contributed by atoms with van der Waals surface area (Å²) < 4.78 is 4.79. The first kappa shape index (κ1) is 20.9. The van der Waals surface area contributed by atoms with Gasteiger partial charge in [-0.15, -0.1) is 11.3 Å². The Labute approximate surface area is 174 Å². The highest BCUT2D eigenvalue weighted by molar-refractivity contribution is 7.12. The zero-order valence-corrected chi connectivity index (χ0v) is 17.2. The van der Waals surface area contributed by atoms with Crippen LogP contribution in [-0.2, 0) is 9.53 Å². The van der Waals surface area contributed by atoms with E-state index < -0.39 is 12.0 Å². The van der Waals surface area contributed by atoms with Crippen molar-refractivity contribution in [2.75, 3.05) is 25.5 Å². The molecule has 3 rings (SSSR count). The van der Waals surface area contributed by atoms with Gasteiger partial charge in [-0.3, -0.25) is 4.79 Å². The van der Waals surface area contributed by atoms with E-state index in [1.165, 1.54) is 18.4 Å². The summed E-state index contributed by atoms with van der Waals surface area (Å²) >= 11 is 1.21. The second kappa shape index (κ2) is 10.1. The molecule has 1 aromatic heterocycles. The van der Waals surface area contributed by atoms with Crippen LogP contribution in [0.25, 0.3) is 0 Å². The molecular weight excluding hydrogens is 390 g/mol. The SMILES string of the molecule is COC(=O)c1sccc1NC(=O)N1CCCCCNC(=O)CC1c1ccccc1. The van der Waals surface area contributed by atoms with Crippen molar-refractivity contribution >= 4 is 34.9 Å². The minimum Gasteiger partial charge on any atom is -0.465 e. The summed E-state index contributed by atoms with van der Waals surface area (Å²) in [6.07, 6.45) is 2.82. The van der Waals surface area contributed by atoms with Crippen LogP contribution < -0.4 is 10.6 Å². The van der Waals surface area contributed by atoms with Gasteiger partial charge >= 0.3 is 12.0 Å². The molecule has 2 heterocycles. The molecule has 1 aliphatic rings. The Bertz CT molecular complexity index is 853. The Balaban J connectivity index is 1.88. The van der Waals surface area contributed by atoms with E-state index in [4.69, 9.17) is 4.74 Å². The average molecular weight is 416 g/mol. The van der Waals surface area contributed by atoms with Crippen molar-refractivity contribution in [3.63, 3.8) is 0 Å². The number of esters is 1. The molecule has 2 aromatic rings. The van der Waals surface area contributed by atoms with E-state index in [1.54, 1.807) is 16.3 Å². The van der Waals surface area contributed by atoms with Crippen LogP contribution in [0.2, 0.25) is 0 Å². The number of amides is 3. The van der Waals surface area contributed by atoms with Gasteiger partial charge in [0.2, 0.25) is 5.91 Å². The highest BCUT2D eigenvalue weighted by atomic mass is 32.1. The number of carbonyl (C=O) groups is 3. The van der Waals surface area contributed by atoms with Crippen LogP contribution in [0.3, 0.4) is 0 Å². The summed E-state index contributed by atoms with van der Waals surface area (Å²) in [4.78, 5) is 39.6. The first-order valence-corrected chi connectivity index (χ1v) is 10.5. The molecule has 2 N–H and O–H groups in total. The first-order valence-electron chi connectivity index (χ1n) is 9.65. The molecule has 29 heavy (non-hydrogen) atoms. The van der Waals surface area contributed by atoms with Gasteiger partial charge in [0, 0.05) is 13.1 Å². The van der Waals surface area contributed by atoms with Crippen molar-refractivity contribution in [3.05, 3.63) is 52.2 Å². The van der Waals surface area contributed by atoms with Gasteiger partial charge in [-0.05, 0) is 36.3 Å². The van der Waals surface area contributed by atoms with Crippen molar-refractivity contribution in [2.45, 2.75) is 31.7 Å². The van der Waals surface area contributed by atoms with E-state index in [0.717, 1.165) is 24.8 Å². The normalized spacial score (nSPS) is 17.9. The summed E-state index contributed by atoms with van der Waals surface area (Å²) in [5, 5.41) is 7.50. The molecule has 154 valence electrons. The molecule has 1 atom stereocenters. The lowest BCUT2D eigenvalue weighted by atomic mass is 10.0. The number of hydrogen-bond donors (Lipinski definition) is 2. The Hall–Kier alpha value is -2.87. The van der Waals surface area contributed by atoms with Crippen LogP contribution >= 0.6 is 11.3 Å². The third kappa shape index (κ3) is 5.35. The lowest BCUT2D eigenvalue weighted by molar-refractivity contribution is -0.122. The second-order valence-electron chi connectivity index (χ2n) is 6.82. The highest BCUT2D eigenvalue weighted by Crippen LogP contribution is 2.28. The van der Waals surface area contributed by atoms with Crippen molar-refractivity contribution in [2.24, 2.45) is 0 Å². The van der Waals surface area contributed by atoms with Gasteiger partial charge in [0.05, 0.1) is 25.3 Å². The molecule has 0 spiro atoms. The fraction of sp³-hybridized carbons (Fsp3) is 0.381. The van der Waals surface area contributed by atoms with Gasteiger partial charge in [-0.1, -0.05) is 30.3 Å². The Morgan fingerprint density at radius 3 is 2.72 bits per heavy atom. The number of thiophene rings is 1. The predicted octanol–water partition coefficient (Wildman–Crippen LogP) is 3.80. The lowest BCUT2D eigenvalue weighted by Crippen LogP contribution is -2.42. The molecule has 1 unspecified atom stereocenters. The van der Waals surface area contributed by atoms with Gasteiger partial charge in [-0.2, -0.15) is 0 Å². The maximum Gasteiger partial charge on any atom is 0.350 e. The molecule has 7 nitrogen and oxygen atoms in total. The van der Waals surface area contributed by atoms with Crippen molar-refractivity contribution in [3.8, 4) is 0 Å². The molecule has 1 aliphatic heterocycles. The number of anilines is 1. The molecule has 0 aliphatic carbocycles. The number of rotatable bonds is 3. The second-order valence-corrected chi connectivity index (χ2v) is 7.74. The number of urea groups is 1. The summed E-state index contributed by atoms with van der Waals surface area (Å²) in [5.74, 6) is -0.570. The van der Waals surface area contributed by atoms with E-state index in [0.29, 0.717) is 23.7 Å². The molecule has 3 amide bonds. The number of carbonyl (C=O) groups excluding carboxylic acids is 3. The van der Waals surface area contributed by atoms with E-state index >= 15 is 0 Å². The lowest BCUT2D eigenvalue weighted by Gasteiger charge is -2.33. The van der Waals surface area contributed by atoms with Crippen LogP contribution in [0, 0.1) is 0 Å². The summed E-state index contributed by atoms with van der Waals surface area (Å²) in [6.45, 7) is 1.18. The number of methoxy groups -OCH3 is 1. The van der Waals surface area contributed by atoms with Gasteiger partial charge in [0.25, 0.3) is 0 Å². The fourth-order valence-electron chi connectivity index (χ4n) is 3.39. The van der Waals surface area contributed by atoms with E-state index in [9.17, 15) is 14.4 Å². The number of benzene rings is 1. The maximum atomic E-state index is 13.2. The van der Waals surface area contributed by atoms with Gasteiger partial charge in [0.15, 0.2) is 0 Å². The first-order chi connectivity index (χ1) is 14.1. The minimum atomic E-state index is -0.491. The van der Waals surface area contributed by atoms with E-state index in [-0.39, 0.29) is 18.4 Å². The van der Waals surface area contributed by atoms with Crippen molar-refractivity contribution < 1.29 is 19.1 Å². The molecule has 0 saturated carbocycles. The zero-order valence-electron chi connectivity index (χ0n) is 16.3. The molecule has 0 bridgehead atoms. The quantitative estimate of drug-likeness (QED) is 0.747. The Morgan fingerprint density at radius 2 is 1.97 bits per heavy atom. The standard InChI is InChI=1S/C21H25N3O4S/c1-28-20(26)19-16(10-13-29-19)23-21(27)24-12-7-3-6-11-22-18(25)14-17(24)15-8-4-2-5-9-15/h2,4-5,8-10,13,17H,3,6-7,11-12,14H2,1H3,(H,22,25)(H,23,27). The van der Waals surface area contributed by atoms with Gasteiger partial charge in [-0.25, -0.2) is 9.59 Å². The third-order valence-corrected chi connectivity index (χ3v) is 5.77. The molecule has 1 aromatic carbocycles. The van der Waals surface area contributed by atoms with Crippen LogP contribution in [0.1, 0.15) is 47.0 Å². The number of nitrogens with one attached hydrogen (secondary N) is 2. The number of ether oxygens (including phenoxy) is 1. The fourth-order valence-corrected chi connectivity index (χ4v) is 4.15. The minimum absolute atomic E-state index is 0.0793. The van der Waals surface area contributed by atoms with Crippen LogP contribution in [0.4, 0.5) is 10.5 Å². The van der Waals surface area contributed by atoms with E-state index in [1.807, 2.05) is 30.3 Å². The predicted molar refractivity (Wildman–Crippen MR) is 112 cm³/mol.